The van der Waals surface area contributed by atoms with Crippen LogP contribution in [0, 0.1) is 0 Å². The van der Waals surface area contributed by atoms with E-state index in [0.29, 0.717) is 13.1 Å². The number of carbonyl (C=O) groups excluding carboxylic acids is 1. The van der Waals surface area contributed by atoms with Gasteiger partial charge in [-0.15, -0.1) is 0 Å². The molecule has 1 aromatic rings. The van der Waals surface area contributed by atoms with E-state index in [0.717, 1.165) is 42.0 Å². The van der Waals surface area contributed by atoms with Crippen LogP contribution in [0.4, 0.5) is 5.69 Å². The smallest absolute Gasteiger partial charge is 0.234 e. The van der Waals surface area contributed by atoms with Crippen molar-refractivity contribution in [3.05, 3.63) is 28.2 Å². The molecule has 0 unspecified atom stereocenters. The number of ether oxygens (including phenoxy) is 1. The van der Waals surface area contributed by atoms with Crippen LogP contribution < -0.4 is 15.5 Å². The molecule has 1 fully saturated rings. The zero-order chi connectivity index (χ0) is 14.4. The number of anilines is 1. The standard InChI is InChI=1S/C14H20BrN3O2/c1-16-10-14(19)17-9-11-2-3-12(15)8-13(11)18-4-6-20-7-5-18/h2-3,8,16H,4-7,9-10H2,1H3,(H,17,19). The Hall–Kier alpha value is -1.11. The number of amides is 1. The largest absolute Gasteiger partial charge is 0.378 e. The van der Waals surface area contributed by atoms with Gasteiger partial charge in [-0.2, -0.15) is 0 Å². The molecule has 2 N–H and O–H groups in total. The Morgan fingerprint density at radius 1 is 1.40 bits per heavy atom. The third-order valence-electron chi connectivity index (χ3n) is 3.21. The van der Waals surface area contributed by atoms with Crippen molar-refractivity contribution in [1.29, 1.82) is 0 Å². The third kappa shape index (κ3) is 4.19. The summed E-state index contributed by atoms with van der Waals surface area (Å²) in [4.78, 5) is 13.9. The summed E-state index contributed by atoms with van der Waals surface area (Å²) in [7, 11) is 1.76. The first kappa shape index (κ1) is 15.3. The van der Waals surface area contributed by atoms with Crippen LogP contribution in [-0.4, -0.2) is 45.8 Å². The highest BCUT2D eigenvalue weighted by molar-refractivity contribution is 9.10. The minimum atomic E-state index is 0.00310. The SMILES string of the molecule is CNCC(=O)NCc1ccc(Br)cc1N1CCOCC1. The van der Waals surface area contributed by atoms with Crippen molar-refractivity contribution < 1.29 is 9.53 Å². The normalized spacial score (nSPS) is 15.2. The Morgan fingerprint density at radius 3 is 2.85 bits per heavy atom. The predicted octanol–water partition coefficient (Wildman–Crippen LogP) is 1.12. The van der Waals surface area contributed by atoms with Gasteiger partial charge in [0.2, 0.25) is 5.91 Å². The summed E-state index contributed by atoms with van der Waals surface area (Å²) in [5.41, 5.74) is 2.28. The molecule has 5 nitrogen and oxygen atoms in total. The number of benzene rings is 1. The van der Waals surface area contributed by atoms with Crippen molar-refractivity contribution in [2.75, 3.05) is 44.8 Å². The number of likely N-dealkylation sites (N-methyl/N-ethyl adjacent to an activating group) is 1. The Morgan fingerprint density at radius 2 is 2.15 bits per heavy atom. The lowest BCUT2D eigenvalue weighted by Gasteiger charge is -2.31. The number of nitrogens with one attached hydrogen (secondary N) is 2. The summed E-state index contributed by atoms with van der Waals surface area (Å²) < 4.78 is 6.44. The Bertz CT molecular complexity index is 462. The van der Waals surface area contributed by atoms with E-state index in [4.69, 9.17) is 4.74 Å². The molecule has 1 aliphatic rings. The van der Waals surface area contributed by atoms with E-state index < -0.39 is 0 Å². The first-order chi connectivity index (χ1) is 9.70. The summed E-state index contributed by atoms with van der Waals surface area (Å²) in [6.45, 7) is 4.14. The lowest BCUT2D eigenvalue weighted by Crippen LogP contribution is -2.37. The van der Waals surface area contributed by atoms with Crippen molar-refractivity contribution >= 4 is 27.5 Å². The zero-order valence-electron chi connectivity index (χ0n) is 11.6. The van der Waals surface area contributed by atoms with Crippen LogP contribution in [0.25, 0.3) is 0 Å². The van der Waals surface area contributed by atoms with Gasteiger partial charge in [0.05, 0.1) is 19.8 Å². The van der Waals surface area contributed by atoms with Gasteiger partial charge in [-0.1, -0.05) is 22.0 Å². The highest BCUT2D eigenvalue weighted by Gasteiger charge is 2.15. The minimum Gasteiger partial charge on any atom is -0.378 e. The maximum Gasteiger partial charge on any atom is 0.234 e. The van der Waals surface area contributed by atoms with Gasteiger partial charge in [0.15, 0.2) is 0 Å². The molecule has 1 saturated heterocycles. The second kappa shape index (κ2) is 7.61. The van der Waals surface area contributed by atoms with Gasteiger partial charge in [0.1, 0.15) is 0 Å². The van der Waals surface area contributed by atoms with Crippen LogP contribution in [0.3, 0.4) is 0 Å². The molecule has 0 radical (unpaired) electrons. The minimum absolute atomic E-state index is 0.00310. The Balaban J connectivity index is 2.08. The van der Waals surface area contributed by atoms with E-state index in [1.54, 1.807) is 7.05 Å². The molecule has 1 amide bonds. The fourth-order valence-electron chi connectivity index (χ4n) is 2.20. The van der Waals surface area contributed by atoms with Crippen molar-refractivity contribution in [3.8, 4) is 0 Å². The van der Waals surface area contributed by atoms with E-state index in [2.05, 4.69) is 43.6 Å². The molecule has 110 valence electrons. The van der Waals surface area contributed by atoms with Gasteiger partial charge in [-0.25, -0.2) is 0 Å². The maximum atomic E-state index is 11.6. The van der Waals surface area contributed by atoms with Gasteiger partial charge in [0.25, 0.3) is 0 Å². The van der Waals surface area contributed by atoms with E-state index in [1.165, 1.54) is 0 Å². The topological polar surface area (TPSA) is 53.6 Å². The van der Waals surface area contributed by atoms with Gasteiger partial charge < -0.3 is 20.3 Å². The number of halogens is 1. The number of hydrogen-bond acceptors (Lipinski definition) is 4. The second-order valence-electron chi connectivity index (χ2n) is 4.68. The van der Waals surface area contributed by atoms with Crippen LogP contribution >= 0.6 is 15.9 Å². The molecule has 0 bridgehead atoms. The molecule has 1 aliphatic heterocycles. The second-order valence-corrected chi connectivity index (χ2v) is 5.60. The monoisotopic (exact) mass is 341 g/mol. The van der Waals surface area contributed by atoms with Crippen LogP contribution in [0.15, 0.2) is 22.7 Å². The zero-order valence-corrected chi connectivity index (χ0v) is 13.2. The van der Waals surface area contributed by atoms with Crippen molar-refractivity contribution in [3.63, 3.8) is 0 Å². The molecule has 0 aromatic heterocycles. The summed E-state index contributed by atoms with van der Waals surface area (Å²) >= 11 is 3.51. The van der Waals surface area contributed by atoms with E-state index in [9.17, 15) is 4.79 Å². The molecule has 0 spiro atoms. The Kier molecular flexibility index (Phi) is 5.82. The van der Waals surface area contributed by atoms with Crippen LogP contribution in [0.2, 0.25) is 0 Å². The first-order valence-corrected chi connectivity index (χ1v) is 7.52. The van der Waals surface area contributed by atoms with Gasteiger partial charge >= 0.3 is 0 Å². The third-order valence-corrected chi connectivity index (χ3v) is 3.71. The van der Waals surface area contributed by atoms with Crippen LogP contribution in [0.5, 0.6) is 0 Å². The molecule has 0 saturated carbocycles. The van der Waals surface area contributed by atoms with Gasteiger partial charge in [-0.3, -0.25) is 4.79 Å². The quantitative estimate of drug-likeness (QED) is 0.842. The number of hydrogen-bond donors (Lipinski definition) is 2. The fourth-order valence-corrected chi connectivity index (χ4v) is 2.55. The number of carbonyl (C=O) groups is 1. The van der Waals surface area contributed by atoms with Crippen LogP contribution in [0.1, 0.15) is 5.56 Å². The number of rotatable bonds is 5. The maximum absolute atomic E-state index is 11.6. The molecule has 0 atom stereocenters. The van der Waals surface area contributed by atoms with Crippen molar-refractivity contribution in [1.82, 2.24) is 10.6 Å². The van der Waals surface area contributed by atoms with Gasteiger partial charge in [-0.05, 0) is 24.7 Å². The number of morpholine rings is 1. The summed E-state index contributed by atoms with van der Waals surface area (Å²) in [6.07, 6.45) is 0. The van der Waals surface area contributed by atoms with E-state index in [1.807, 2.05) is 6.07 Å². The molecule has 6 heteroatoms. The molecule has 0 aliphatic carbocycles. The highest BCUT2D eigenvalue weighted by Crippen LogP contribution is 2.26. The molecule has 2 rings (SSSR count). The summed E-state index contributed by atoms with van der Waals surface area (Å²) in [5.74, 6) is 0.00310. The predicted molar refractivity (Wildman–Crippen MR) is 82.9 cm³/mol. The van der Waals surface area contributed by atoms with E-state index >= 15 is 0 Å². The van der Waals surface area contributed by atoms with Crippen molar-refractivity contribution in [2.45, 2.75) is 6.54 Å². The lowest BCUT2D eigenvalue weighted by atomic mass is 10.1. The molecule has 1 aromatic carbocycles. The average molecular weight is 342 g/mol. The Labute approximate surface area is 127 Å². The lowest BCUT2D eigenvalue weighted by molar-refractivity contribution is -0.120. The fraction of sp³-hybridized carbons (Fsp3) is 0.500. The van der Waals surface area contributed by atoms with Gasteiger partial charge in [0, 0.05) is 29.8 Å². The summed E-state index contributed by atoms with van der Waals surface area (Å²) in [5, 5.41) is 5.77. The molecular formula is C14H20BrN3O2. The number of nitrogens with zero attached hydrogens (tertiary/aromatic N) is 1. The highest BCUT2D eigenvalue weighted by atomic mass is 79.9. The van der Waals surface area contributed by atoms with Crippen molar-refractivity contribution in [2.24, 2.45) is 0 Å². The van der Waals surface area contributed by atoms with E-state index in [-0.39, 0.29) is 5.91 Å². The average Bonchev–Trinajstić information content (AvgIpc) is 2.47. The first-order valence-electron chi connectivity index (χ1n) is 6.73. The molecule has 20 heavy (non-hydrogen) atoms. The molecular weight excluding hydrogens is 322 g/mol. The summed E-state index contributed by atoms with van der Waals surface area (Å²) in [6, 6.07) is 6.16. The van der Waals surface area contributed by atoms with Crippen LogP contribution in [-0.2, 0) is 16.1 Å². The molecule has 1 heterocycles.